The molecule has 9 aromatic rings. The monoisotopic (exact) mass is 1130 g/mol. The third kappa shape index (κ3) is 9.42. The third-order valence-electron chi connectivity index (χ3n) is 14.8. The van der Waals surface area contributed by atoms with Gasteiger partial charge in [-0.2, -0.15) is 6.07 Å². The van der Waals surface area contributed by atoms with Crippen molar-refractivity contribution in [3.05, 3.63) is 222 Å². The number of pyridine rings is 1. The van der Waals surface area contributed by atoms with Crippen molar-refractivity contribution in [3.8, 4) is 17.3 Å². The molecule has 1 aliphatic rings. The van der Waals surface area contributed by atoms with Gasteiger partial charge in [-0.15, -0.1) is 53.6 Å². The van der Waals surface area contributed by atoms with Crippen LogP contribution < -0.4 is 14.5 Å². The Morgan fingerprint density at radius 3 is 1.69 bits per heavy atom. The summed E-state index contributed by atoms with van der Waals surface area (Å²) in [6.07, 6.45) is 1.93. The van der Waals surface area contributed by atoms with E-state index >= 15 is 0 Å². The average Bonchev–Trinajstić information content (AvgIpc) is 3.89. The van der Waals surface area contributed by atoms with Gasteiger partial charge in [0.15, 0.2) is 0 Å². The normalized spacial score (nSPS) is 13.4. The first-order valence-electron chi connectivity index (χ1n) is 25.1. The van der Waals surface area contributed by atoms with E-state index in [1.807, 2.05) is 6.20 Å². The van der Waals surface area contributed by atoms with Crippen molar-refractivity contribution < 1.29 is 25.8 Å². The zero-order valence-electron chi connectivity index (χ0n) is 44.2. The molecule has 1 aliphatic heterocycles. The van der Waals surface area contributed by atoms with Gasteiger partial charge in [0.25, 0.3) is 0 Å². The number of rotatable bonds is 9. The molecule has 10 rings (SSSR count). The molecular formula is C66H67N4OPt-3. The Hall–Kier alpha value is -6.42. The second-order valence-corrected chi connectivity index (χ2v) is 23.6. The molecule has 0 N–H and O–H groups in total. The molecule has 0 bridgehead atoms. The molecular weight excluding hydrogens is 1060 g/mol. The summed E-state index contributed by atoms with van der Waals surface area (Å²) < 4.78 is 9.34. The first-order valence-corrected chi connectivity index (χ1v) is 25.1. The topological polar surface area (TPSA) is 33.5 Å². The maximum atomic E-state index is 7.09. The fourth-order valence-electron chi connectivity index (χ4n) is 10.0. The van der Waals surface area contributed by atoms with E-state index in [0.29, 0.717) is 11.5 Å². The molecule has 5 nitrogen and oxygen atoms in total. The van der Waals surface area contributed by atoms with Gasteiger partial charge < -0.3 is 19.1 Å². The number of ether oxygens (including phenoxy) is 1. The number of benzene rings is 7. The van der Waals surface area contributed by atoms with E-state index in [1.54, 1.807) is 0 Å². The maximum Gasteiger partial charge on any atom is 0.135 e. The Morgan fingerprint density at radius 2 is 1.04 bits per heavy atom. The zero-order valence-corrected chi connectivity index (χ0v) is 46.5. The van der Waals surface area contributed by atoms with Gasteiger partial charge >= 0.3 is 0 Å². The predicted molar refractivity (Wildman–Crippen MR) is 297 cm³/mol. The van der Waals surface area contributed by atoms with Gasteiger partial charge in [-0.3, -0.25) is 0 Å². The summed E-state index contributed by atoms with van der Waals surface area (Å²) in [5.41, 5.74) is 14.0. The number of aromatic nitrogens is 2. The van der Waals surface area contributed by atoms with E-state index < -0.39 is 0 Å². The van der Waals surface area contributed by atoms with Crippen LogP contribution in [0.15, 0.2) is 164 Å². The largest absolute Gasteiger partial charge is 0.509 e. The summed E-state index contributed by atoms with van der Waals surface area (Å²) in [6.45, 7) is 31.8. The van der Waals surface area contributed by atoms with Gasteiger partial charge in [-0.05, 0) is 103 Å². The molecule has 6 heteroatoms. The summed E-state index contributed by atoms with van der Waals surface area (Å²) in [7, 11) is 0. The molecule has 0 fully saturated rings. The van der Waals surface area contributed by atoms with Crippen LogP contribution in [-0.2, 0) is 48.1 Å². The van der Waals surface area contributed by atoms with Crippen LogP contribution in [0.5, 0.6) is 11.5 Å². The smallest absolute Gasteiger partial charge is 0.135 e. The second-order valence-electron chi connectivity index (χ2n) is 23.6. The fourth-order valence-corrected chi connectivity index (χ4v) is 10.0. The number of fused-ring (bicyclic) bond motifs is 4. The number of hydrogen-bond donors (Lipinski definition) is 0. The number of nitrogens with zero attached hydrogens (tertiary/aromatic N) is 4. The van der Waals surface area contributed by atoms with Crippen LogP contribution in [0.1, 0.15) is 129 Å². The van der Waals surface area contributed by atoms with Gasteiger partial charge in [0, 0.05) is 66.8 Å². The van der Waals surface area contributed by atoms with Gasteiger partial charge in [-0.25, -0.2) is 4.98 Å². The maximum absolute atomic E-state index is 7.09. The van der Waals surface area contributed by atoms with Crippen molar-refractivity contribution in [1.29, 1.82) is 0 Å². The molecule has 0 saturated carbocycles. The van der Waals surface area contributed by atoms with E-state index in [2.05, 4.69) is 281 Å². The van der Waals surface area contributed by atoms with Crippen LogP contribution in [0.3, 0.4) is 0 Å². The molecule has 0 atom stereocenters. The SMILES string of the molecule is CC(C)(C)c1cccc(N2[CH-]N(c3[c-]c(Oc4[c-]c5c(cc4)c4cc(C(C)(C)c6ccccc6)ccc4n5-c4cc(C(C)(C)C)ccn4)cc(C(C)(C)c4ccccc4)c3)c3cc(C(C)(C)C)ccc32)c1.[Pt]. The number of anilines is 4. The Bertz CT molecular complexity index is 3440. The van der Waals surface area contributed by atoms with Crippen LogP contribution in [0, 0.1) is 18.8 Å². The van der Waals surface area contributed by atoms with Crippen molar-refractivity contribution in [2.45, 2.75) is 117 Å². The summed E-state index contributed by atoms with van der Waals surface area (Å²) in [6, 6.07) is 64.8. The zero-order chi connectivity index (χ0) is 50.3. The minimum atomic E-state index is -0.380. The third-order valence-corrected chi connectivity index (χ3v) is 14.8. The molecule has 0 amide bonds. The van der Waals surface area contributed by atoms with Crippen LogP contribution in [0.2, 0.25) is 0 Å². The molecule has 0 radical (unpaired) electrons. The second kappa shape index (κ2) is 18.6. The van der Waals surface area contributed by atoms with Gasteiger partial charge in [-0.1, -0.05) is 187 Å². The van der Waals surface area contributed by atoms with Crippen molar-refractivity contribution in [3.63, 3.8) is 0 Å². The Balaban J connectivity index is 0.00000640. The quantitative estimate of drug-likeness (QED) is 0.135. The first-order chi connectivity index (χ1) is 33.6. The summed E-state index contributed by atoms with van der Waals surface area (Å²) >= 11 is 0. The summed E-state index contributed by atoms with van der Waals surface area (Å²) in [5.74, 6) is 2.04. The van der Waals surface area contributed by atoms with Crippen LogP contribution in [-0.4, -0.2) is 9.55 Å². The van der Waals surface area contributed by atoms with Crippen LogP contribution in [0.4, 0.5) is 22.7 Å². The molecule has 72 heavy (non-hydrogen) atoms. The molecule has 0 spiro atoms. The van der Waals surface area contributed by atoms with E-state index in [0.717, 1.165) is 55.9 Å². The first kappa shape index (κ1) is 50.5. The Labute approximate surface area is 443 Å². The molecule has 370 valence electrons. The Morgan fingerprint density at radius 1 is 0.444 bits per heavy atom. The summed E-state index contributed by atoms with van der Waals surface area (Å²) in [4.78, 5) is 9.62. The van der Waals surface area contributed by atoms with E-state index in [-0.39, 0.29) is 48.1 Å². The molecule has 0 aliphatic carbocycles. The molecule has 0 saturated heterocycles. The van der Waals surface area contributed by atoms with Crippen molar-refractivity contribution in [1.82, 2.24) is 9.55 Å². The van der Waals surface area contributed by atoms with Crippen molar-refractivity contribution >= 4 is 44.6 Å². The minimum Gasteiger partial charge on any atom is -0.509 e. The van der Waals surface area contributed by atoms with E-state index in [9.17, 15) is 0 Å². The van der Waals surface area contributed by atoms with Crippen LogP contribution >= 0.6 is 0 Å². The summed E-state index contributed by atoms with van der Waals surface area (Å²) in [5, 5.41) is 2.22. The van der Waals surface area contributed by atoms with Gasteiger partial charge in [0.05, 0.1) is 0 Å². The van der Waals surface area contributed by atoms with Gasteiger partial charge in [0.1, 0.15) is 5.82 Å². The standard InChI is InChI=1S/C66H67N4O.Pt/c1-62(2,3)46-25-20-26-51(35-46)68-43-69(60-39-47(63(4,5)6)27-32-58(60)68)52-36-50(66(12,13)45-23-18-15-19-24-45)37-54(41-52)71-53-29-30-55-56-38-49(65(10,11)44-21-16-14-17-22-44)28-31-57(56)70(59(55)42-53)61-40-48(33-34-67-61)64(7,8)9;/h14-40,43H,1-13H3;/q-3;. The number of hydrogen-bond acceptors (Lipinski definition) is 4. The molecule has 0 unspecified atom stereocenters. The van der Waals surface area contributed by atoms with Crippen molar-refractivity contribution in [2.24, 2.45) is 0 Å². The predicted octanol–water partition coefficient (Wildman–Crippen LogP) is 17.5. The van der Waals surface area contributed by atoms with E-state index in [1.165, 1.54) is 33.4 Å². The molecule has 3 heterocycles. The average molecular weight is 1130 g/mol. The van der Waals surface area contributed by atoms with Gasteiger partial charge in [0.2, 0.25) is 0 Å². The van der Waals surface area contributed by atoms with Crippen molar-refractivity contribution in [2.75, 3.05) is 9.80 Å². The molecule has 7 aromatic carbocycles. The molecule has 2 aromatic heterocycles. The van der Waals surface area contributed by atoms with E-state index in [4.69, 9.17) is 9.72 Å². The fraction of sp³-hybridized carbons (Fsp3) is 0.273. The minimum absolute atomic E-state index is 0. The Kier molecular flexibility index (Phi) is 13.0. The van der Waals surface area contributed by atoms with Crippen LogP contribution in [0.25, 0.3) is 27.6 Å².